The molecule has 4 rings (SSSR count). The zero-order chi connectivity index (χ0) is 25.7. The molecule has 0 bridgehead atoms. The molecule has 0 atom stereocenters. The van der Waals surface area contributed by atoms with Gasteiger partial charge in [0, 0.05) is 24.4 Å². The molecule has 1 aliphatic rings. The van der Waals surface area contributed by atoms with Crippen molar-refractivity contribution in [3.63, 3.8) is 0 Å². The number of carbonyl (C=O) groups is 2. The van der Waals surface area contributed by atoms with E-state index in [1.54, 1.807) is 18.3 Å². The lowest BCUT2D eigenvalue weighted by atomic mass is 9.87. The number of benzene rings is 1. The summed E-state index contributed by atoms with van der Waals surface area (Å²) in [5, 5.41) is 10.8. The van der Waals surface area contributed by atoms with Crippen molar-refractivity contribution < 1.29 is 23.5 Å². The minimum atomic E-state index is -0.296. The Morgan fingerprint density at radius 3 is 2.36 bits per heavy atom. The molecule has 9 nitrogen and oxygen atoms in total. The lowest BCUT2D eigenvalue weighted by Crippen LogP contribution is -2.28. The average molecular weight is 493 g/mol. The predicted molar refractivity (Wildman–Crippen MR) is 133 cm³/mol. The van der Waals surface area contributed by atoms with E-state index < -0.39 is 0 Å². The lowest BCUT2D eigenvalue weighted by Gasteiger charge is -2.27. The number of anilines is 2. The quantitative estimate of drug-likeness (QED) is 0.341. The molecule has 1 saturated carbocycles. The first-order chi connectivity index (χ1) is 17.2. The molecule has 2 aromatic heterocycles. The Labute approximate surface area is 210 Å². The van der Waals surface area contributed by atoms with Crippen LogP contribution in [0.2, 0.25) is 0 Å². The molecule has 0 aliphatic heterocycles. The minimum Gasteiger partial charge on any atom is -0.474 e. The van der Waals surface area contributed by atoms with E-state index in [9.17, 15) is 9.59 Å². The zero-order valence-corrected chi connectivity index (χ0v) is 21.1. The first kappa shape index (κ1) is 25.3. The first-order valence-electron chi connectivity index (χ1n) is 12.1. The summed E-state index contributed by atoms with van der Waals surface area (Å²) in [6.07, 6.45) is 4.74. The van der Waals surface area contributed by atoms with Crippen LogP contribution >= 0.6 is 0 Å². The van der Waals surface area contributed by atoms with E-state index >= 15 is 0 Å². The summed E-state index contributed by atoms with van der Waals surface area (Å²) in [4.78, 5) is 28.6. The number of pyridine rings is 1. The molecule has 190 valence electrons. The highest BCUT2D eigenvalue weighted by atomic mass is 16.5. The second-order valence-electron chi connectivity index (χ2n) is 10.1. The molecule has 3 aromatic rings. The maximum atomic E-state index is 12.6. The number of ketones is 1. The summed E-state index contributed by atoms with van der Waals surface area (Å²) in [6, 6.07) is 11.7. The molecule has 0 saturated heterocycles. The maximum absolute atomic E-state index is 12.6. The van der Waals surface area contributed by atoms with Gasteiger partial charge in [0.1, 0.15) is 6.10 Å². The second kappa shape index (κ2) is 10.9. The summed E-state index contributed by atoms with van der Waals surface area (Å²) in [5.74, 6) is -0.0682. The highest BCUT2D eigenvalue weighted by molar-refractivity contribution is 5.93. The Morgan fingerprint density at radius 2 is 1.75 bits per heavy atom. The first-order valence-corrected chi connectivity index (χ1v) is 12.1. The van der Waals surface area contributed by atoms with Crippen molar-refractivity contribution in [1.29, 1.82) is 0 Å². The van der Waals surface area contributed by atoms with E-state index in [1.807, 2.05) is 24.3 Å². The van der Waals surface area contributed by atoms with Crippen LogP contribution in [0.1, 0.15) is 68.3 Å². The Hall–Kier alpha value is -3.75. The van der Waals surface area contributed by atoms with Crippen LogP contribution < -0.4 is 10.1 Å². The number of hydrogen-bond donors (Lipinski definition) is 1. The minimum absolute atomic E-state index is 0.0138. The van der Waals surface area contributed by atoms with E-state index in [-0.39, 0.29) is 47.5 Å². The predicted octanol–water partition coefficient (Wildman–Crippen LogP) is 5.04. The van der Waals surface area contributed by atoms with Gasteiger partial charge in [-0.1, -0.05) is 44.1 Å². The average Bonchev–Trinajstić information content (AvgIpc) is 3.34. The molecule has 0 unspecified atom stereocenters. The number of hydrogen-bond acceptors (Lipinski definition) is 9. The lowest BCUT2D eigenvalue weighted by molar-refractivity contribution is -0.147. The van der Waals surface area contributed by atoms with Crippen molar-refractivity contribution in [2.75, 3.05) is 12.4 Å². The smallest absolute Gasteiger partial charge is 0.320 e. The van der Waals surface area contributed by atoms with Gasteiger partial charge >= 0.3 is 12.0 Å². The van der Waals surface area contributed by atoms with Crippen LogP contribution in [0, 0.1) is 5.92 Å². The van der Waals surface area contributed by atoms with Gasteiger partial charge in [0.25, 0.3) is 5.89 Å². The van der Waals surface area contributed by atoms with Crippen molar-refractivity contribution in [1.82, 2.24) is 15.2 Å². The summed E-state index contributed by atoms with van der Waals surface area (Å²) in [7, 11) is 1.42. The summed E-state index contributed by atoms with van der Waals surface area (Å²) in [6.45, 7) is 6.46. The van der Waals surface area contributed by atoms with Gasteiger partial charge in [0.15, 0.2) is 0 Å². The zero-order valence-electron chi connectivity index (χ0n) is 21.1. The van der Waals surface area contributed by atoms with Gasteiger partial charge in [0.2, 0.25) is 11.7 Å². The van der Waals surface area contributed by atoms with Crippen molar-refractivity contribution in [3.05, 3.63) is 59.6 Å². The molecular weight excluding hydrogens is 460 g/mol. The molecule has 0 spiro atoms. The van der Waals surface area contributed by atoms with E-state index in [0.29, 0.717) is 11.4 Å². The third kappa shape index (κ3) is 6.47. The van der Waals surface area contributed by atoms with E-state index in [4.69, 9.17) is 13.9 Å². The molecule has 1 aliphatic carbocycles. The number of nitrogens with zero attached hydrogens (tertiary/aromatic N) is 3. The molecule has 1 aromatic carbocycles. The second-order valence-corrected chi connectivity index (χ2v) is 10.1. The van der Waals surface area contributed by atoms with Crippen LogP contribution in [0.4, 0.5) is 11.7 Å². The van der Waals surface area contributed by atoms with Gasteiger partial charge in [-0.2, -0.15) is 0 Å². The van der Waals surface area contributed by atoms with Crippen molar-refractivity contribution >= 4 is 23.5 Å². The molecule has 9 heteroatoms. The molecule has 0 radical (unpaired) electrons. The number of methoxy groups -OCH3 is 1. The fourth-order valence-corrected chi connectivity index (χ4v) is 4.16. The van der Waals surface area contributed by atoms with Crippen molar-refractivity contribution in [3.8, 4) is 5.88 Å². The number of nitrogens with one attached hydrogen (secondary N) is 1. The van der Waals surface area contributed by atoms with Crippen LogP contribution in [0.3, 0.4) is 0 Å². The number of esters is 1. The maximum Gasteiger partial charge on any atom is 0.320 e. The van der Waals surface area contributed by atoms with Crippen LogP contribution in [-0.2, 0) is 21.4 Å². The van der Waals surface area contributed by atoms with Gasteiger partial charge in [-0.3, -0.25) is 9.59 Å². The summed E-state index contributed by atoms with van der Waals surface area (Å²) >= 11 is 0. The van der Waals surface area contributed by atoms with E-state index in [0.717, 1.165) is 31.4 Å². The molecule has 1 N–H and O–H groups in total. The Kier molecular flexibility index (Phi) is 7.67. The van der Waals surface area contributed by atoms with Crippen LogP contribution in [-0.4, -0.2) is 40.1 Å². The standard InChI is InChI=1S/C27H32N4O5/c1-27(2,3)19-8-10-20(11-9-19)29-26-31-30-24(36-26)22(32)15-17-5-14-23(28-16-17)35-21-12-6-18(7-13-21)25(33)34-4/h5,8-11,14,16,18,21H,6-7,12-13,15H2,1-4H3,(H,29,31). The van der Waals surface area contributed by atoms with Crippen molar-refractivity contribution in [2.24, 2.45) is 5.92 Å². The van der Waals surface area contributed by atoms with E-state index in [1.165, 1.54) is 12.7 Å². The Balaban J connectivity index is 1.27. The summed E-state index contributed by atoms with van der Waals surface area (Å²) < 4.78 is 16.3. The van der Waals surface area contributed by atoms with Crippen LogP contribution in [0.5, 0.6) is 5.88 Å². The third-order valence-electron chi connectivity index (χ3n) is 6.32. The largest absolute Gasteiger partial charge is 0.474 e. The highest BCUT2D eigenvalue weighted by Gasteiger charge is 2.28. The fraction of sp³-hybridized carbons (Fsp3) is 0.444. The number of rotatable bonds is 8. The Morgan fingerprint density at radius 1 is 1.03 bits per heavy atom. The monoisotopic (exact) mass is 492 g/mol. The number of ether oxygens (including phenoxy) is 2. The van der Waals surface area contributed by atoms with Gasteiger partial charge < -0.3 is 19.2 Å². The van der Waals surface area contributed by atoms with Crippen LogP contribution in [0.25, 0.3) is 0 Å². The number of aromatic nitrogens is 3. The van der Waals surface area contributed by atoms with Gasteiger partial charge in [-0.15, -0.1) is 5.10 Å². The topological polar surface area (TPSA) is 116 Å². The fourth-order valence-electron chi connectivity index (χ4n) is 4.16. The summed E-state index contributed by atoms with van der Waals surface area (Å²) in [5.41, 5.74) is 2.79. The SMILES string of the molecule is COC(=O)C1CCC(Oc2ccc(CC(=O)c3nnc(Nc4ccc(C(C)(C)C)cc4)o3)cn2)CC1. The van der Waals surface area contributed by atoms with E-state index in [2.05, 4.69) is 41.3 Å². The highest BCUT2D eigenvalue weighted by Crippen LogP contribution is 2.28. The van der Waals surface area contributed by atoms with Gasteiger partial charge in [-0.25, -0.2) is 4.98 Å². The number of carbonyl (C=O) groups excluding carboxylic acids is 2. The molecule has 36 heavy (non-hydrogen) atoms. The number of Topliss-reactive ketones (excluding diaryl/α,β-unsaturated/α-hetero) is 1. The molecular formula is C27H32N4O5. The third-order valence-corrected chi connectivity index (χ3v) is 6.32. The molecule has 1 fully saturated rings. The normalized spacial score (nSPS) is 17.9. The van der Waals surface area contributed by atoms with Crippen LogP contribution in [0.15, 0.2) is 47.0 Å². The molecule has 2 heterocycles. The Bertz CT molecular complexity index is 1170. The molecule has 0 amide bonds. The van der Waals surface area contributed by atoms with Crippen molar-refractivity contribution in [2.45, 2.75) is 64.4 Å². The van der Waals surface area contributed by atoms with Gasteiger partial charge in [-0.05, 0) is 54.4 Å². The van der Waals surface area contributed by atoms with Gasteiger partial charge in [0.05, 0.1) is 13.0 Å².